The first-order valence-corrected chi connectivity index (χ1v) is 9.84. The molecule has 0 aromatic heterocycles. The normalized spacial score (nSPS) is 20.3. The Hall–Kier alpha value is -2.00. The molecule has 3 heteroatoms. The Morgan fingerprint density at radius 1 is 0.963 bits per heavy atom. The number of hydrogen-bond donors (Lipinski definition) is 0. The second kappa shape index (κ2) is 9.27. The molecule has 0 N–H and O–H groups in total. The largest absolute Gasteiger partial charge is 0.381 e. The molecular formula is C24H28F2O. The summed E-state index contributed by atoms with van der Waals surface area (Å²) in [5, 5.41) is 0. The molecule has 0 saturated heterocycles. The van der Waals surface area contributed by atoms with Crippen LogP contribution in [0.1, 0.15) is 56.1 Å². The van der Waals surface area contributed by atoms with Crippen molar-refractivity contribution < 1.29 is 13.5 Å². The van der Waals surface area contributed by atoms with Gasteiger partial charge < -0.3 is 4.74 Å². The van der Waals surface area contributed by atoms with Crippen LogP contribution in [0.5, 0.6) is 0 Å². The Labute approximate surface area is 161 Å². The summed E-state index contributed by atoms with van der Waals surface area (Å²) in [5.74, 6) is -0.346. The fourth-order valence-corrected chi connectivity index (χ4v) is 3.98. The van der Waals surface area contributed by atoms with E-state index in [-0.39, 0.29) is 11.6 Å². The van der Waals surface area contributed by atoms with Gasteiger partial charge in [0.15, 0.2) is 0 Å². The van der Waals surface area contributed by atoms with Crippen molar-refractivity contribution in [2.75, 3.05) is 7.11 Å². The fraction of sp³-hybridized carbons (Fsp3) is 0.417. The molecule has 0 aliphatic heterocycles. The third-order valence-electron chi connectivity index (χ3n) is 5.63. The molecule has 0 atom stereocenters. The van der Waals surface area contributed by atoms with Crippen molar-refractivity contribution in [2.45, 2.75) is 57.5 Å². The lowest BCUT2D eigenvalue weighted by Gasteiger charge is -2.28. The summed E-state index contributed by atoms with van der Waals surface area (Å²) >= 11 is 0. The summed E-state index contributed by atoms with van der Waals surface area (Å²) < 4.78 is 34.7. The Morgan fingerprint density at radius 3 is 2.22 bits per heavy atom. The molecule has 1 saturated carbocycles. The lowest BCUT2D eigenvalue weighted by Crippen LogP contribution is -2.19. The second-order valence-electron chi connectivity index (χ2n) is 7.37. The highest BCUT2D eigenvalue weighted by Gasteiger charge is 2.23. The first-order chi connectivity index (χ1) is 13.1. The maximum atomic E-state index is 14.8. The third kappa shape index (κ3) is 4.84. The van der Waals surface area contributed by atoms with Gasteiger partial charge in [0.1, 0.15) is 11.6 Å². The molecule has 0 unspecified atom stereocenters. The van der Waals surface area contributed by atoms with Gasteiger partial charge >= 0.3 is 0 Å². The number of ether oxygens (including phenoxy) is 1. The molecule has 0 spiro atoms. The summed E-state index contributed by atoms with van der Waals surface area (Å²) in [5.41, 5.74) is 2.61. The van der Waals surface area contributed by atoms with Gasteiger partial charge in [0.05, 0.1) is 6.10 Å². The number of methoxy groups -OCH3 is 1. The Balaban J connectivity index is 1.76. The summed E-state index contributed by atoms with van der Waals surface area (Å²) in [6, 6.07) is 10.4. The highest BCUT2D eigenvalue weighted by atomic mass is 19.1. The SMILES string of the molecule is C/C=C/CCc1ccc(-c2ccc(C3CCC(OC)CC3)cc2F)c(F)c1. The van der Waals surface area contributed by atoms with Crippen LogP contribution in [-0.2, 0) is 11.2 Å². The van der Waals surface area contributed by atoms with Crippen LogP contribution >= 0.6 is 0 Å². The summed E-state index contributed by atoms with van der Waals surface area (Å²) in [6.07, 6.45) is 10.1. The number of benzene rings is 2. The van der Waals surface area contributed by atoms with E-state index in [0.717, 1.165) is 49.7 Å². The topological polar surface area (TPSA) is 9.23 Å². The minimum absolute atomic E-state index is 0.325. The van der Waals surface area contributed by atoms with Crippen molar-refractivity contribution in [3.63, 3.8) is 0 Å². The highest BCUT2D eigenvalue weighted by molar-refractivity contribution is 5.65. The molecule has 0 radical (unpaired) electrons. The number of aryl methyl sites for hydroxylation is 1. The molecule has 1 fully saturated rings. The predicted molar refractivity (Wildman–Crippen MR) is 107 cm³/mol. The smallest absolute Gasteiger partial charge is 0.131 e. The zero-order valence-electron chi connectivity index (χ0n) is 16.2. The van der Waals surface area contributed by atoms with Crippen LogP contribution < -0.4 is 0 Å². The number of halogens is 2. The first kappa shape index (κ1) is 19.8. The Bertz CT molecular complexity index is 789. The minimum Gasteiger partial charge on any atom is -0.381 e. The maximum Gasteiger partial charge on any atom is 0.131 e. The molecule has 27 heavy (non-hydrogen) atoms. The average molecular weight is 370 g/mol. The molecule has 1 aliphatic rings. The summed E-state index contributed by atoms with van der Waals surface area (Å²) in [7, 11) is 1.75. The van der Waals surface area contributed by atoms with Gasteiger partial charge in [0.2, 0.25) is 0 Å². The van der Waals surface area contributed by atoms with Crippen LogP contribution in [0.25, 0.3) is 11.1 Å². The van der Waals surface area contributed by atoms with E-state index < -0.39 is 0 Å². The van der Waals surface area contributed by atoms with E-state index in [1.165, 1.54) is 6.07 Å². The molecule has 2 aromatic carbocycles. The molecule has 0 amide bonds. The van der Waals surface area contributed by atoms with Crippen molar-refractivity contribution in [1.82, 2.24) is 0 Å². The van der Waals surface area contributed by atoms with Crippen LogP contribution in [0.4, 0.5) is 8.78 Å². The van der Waals surface area contributed by atoms with Gasteiger partial charge in [-0.3, -0.25) is 0 Å². The second-order valence-corrected chi connectivity index (χ2v) is 7.37. The highest BCUT2D eigenvalue weighted by Crippen LogP contribution is 2.36. The van der Waals surface area contributed by atoms with Gasteiger partial charge in [-0.05, 0) is 74.6 Å². The molecule has 0 heterocycles. The summed E-state index contributed by atoms with van der Waals surface area (Å²) in [4.78, 5) is 0. The molecule has 1 aliphatic carbocycles. The molecule has 144 valence electrons. The van der Waals surface area contributed by atoms with Crippen molar-refractivity contribution in [1.29, 1.82) is 0 Å². The molecule has 3 rings (SSSR count). The molecule has 0 bridgehead atoms. The molecular weight excluding hydrogens is 342 g/mol. The minimum atomic E-state index is -0.361. The number of rotatable bonds is 6. The zero-order valence-corrected chi connectivity index (χ0v) is 16.2. The quantitative estimate of drug-likeness (QED) is 0.507. The van der Waals surface area contributed by atoms with E-state index in [1.807, 2.05) is 25.1 Å². The van der Waals surface area contributed by atoms with Crippen LogP contribution in [0.15, 0.2) is 48.6 Å². The van der Waals surface area contributed by atoms with Crippen LogP contribution in [0, 0.1) is 11.6 Å². The zero-order chi connectivity index (χ0) is 19.2. The molecule has 1 nitrogen and oxygen atoms in total. The van der Waals surface area contributed by atoms with Gasteiger partial charge in [0, 0.05) is 18.2 Å². The van der Waals surface area contributed by atoms with Crippen LogP contribution in [0.2, 0.25) is 0 Å². The van der Waals surface area contributed by atoms with E-state index in [2.05, 4.69) is 6.08 Å². The van der Waals surface area contributed by atoms with E-state index >= 15 is 0 Å². The fourth-order valence-electron chi connectivity index (χ4n) is 3.98. The summed E-state index contributed by atoms with van der Waals surface area (Å²) in [6.45, 7) is 1.97. The lowest BCUT2D eigenvalue weighted by atomic mass is 9.82. The van der Waals surface area contributed by atoms with E-state index in [0.29, 0.717) is 23.1 Å². The van der Waals surface area contributed by atoms with Gasteiger partial charge in [-0.25, -0.2) is 8.78 Å². The van der Waals surface area contributed by atoms with Gasteiger partial charge in [0.25, 0.3) is 0 Å². The average Bonchev–Trinajstić information content (AvgIpc) is 2.69. The first-order valence-electron chi connectivity index (χ1n) is 9.84. The van der Waals surface area contributed by atoms with Crippen molar-refractivity contribution >= 4 is 0 Å². The Morgan fingerprint density at radius 2 is 1.63 bits per heavy atom. The van der Waals surface area contributed by atoms with E-state index in [9.17, 15) is 8.78 Å². The monoisotopic (exact) mass is 370 g/mol. The van der Waals surface area contributed by atoms with Crippen molar-refractivity contribution in [3.8, 4) is 11.1 Å². The van der Waals surface area contributed by atoms with Gasteiger partial charge in [-0.1, -0.05) is 36.4 Å². The van der Waals surface area contributed by atoms with E-state index in [4.69, 9.17) is 4.74 Å². The predicted octanol–water partition coefficient (Wildman–Crippen LogP) is 6.81. The van der Waals surface area contributed by atoms with Crippen LogP contribution in [0.3, 0.4) is 0 Å². The van der Waals surface area contributed by atoms with E-state index in [1.54, 1.807) is 25.3 Å². The maximum absolute atomic E-state index is 14.8. The van der Waals surface area contributed by atoms with Gasteiger partial charge in [-0.2, -0.15) is 0 Å². The standard InChI is InChI=1S/C24H28F2O/c1-3-4-5-6-17-7-13-21(23(25)15-17)22-14-10-19(16-24(22)26)18-8-11-20(27-2)12-9-18/h3-4,7,10,13-16,18,20H,5-6,8-9,11-12H2,1-2H3/b4-3+. The van der Waals surface area contributed by atoms with Crippen molar-refractivity contribution in [3.05, 3.63) is 71.3 Å². The lowest BCUT2D eigenvalue weighted by molar-refractivity contribution is 0.0658. The molecule has 2 aromatic rings. The number of hydrogen-bond acceptors (Lipinski definition) is 1. The number of allylic oxidation sites excluding steroid dienone is 2. The Kier molecular flexibility index (Phi) is 6.78. The van der Waals surface area contributed by atoms with Gasteiger partial charge in [-0.15, -0.1) is 0 Å². The van der Waals surface area contributed by atoms with Crippen molar-refractivity contribution in [2.24, 2.45) is 0 Å². The van der Waals surface area contributed by atoms with Crippen LogP contribution in [-0.4, -0.2) is 13.2 Å². The third-order valence-corrected chi connectivity index (χ3v) is 5.63.